The van der Waals surface area contributed by atoms with E-state index >= 15 is 0 Å². The van der Waals surface area contributed by atoms with Gasteiger partial charge < -0.3 is 15.0 Å². The van der Waals surface area contributed by atoms with Crippen molar-refractivity contribution in [3.8, 4) is 5.75 Å². The maximum absolute atomic E-state index is 12.5. The van der Waals surface area contributed by atoms with E-state index in [1.165, 1.54) is 11.1 Å². The van der Waals surface area contributed by atoms with E-state index in [0.29, 0.717) is 24.8 Å². The number of hydrogen-bond acceptors (Lipinski definition) is 3. The highest BCUT2D eigenvalue weighted by molar-refractivity contribution is 6.00. The molecule has 2 aliphatic rings. The Kier molecular flexibility index (Phi) is 5.33. The molecule has 2 unspecified atom stereocenters. The van der Waals surface area contributed by atoms with Crippen LogP contribution in [-0.2, 0) is 16.0 Å². The minimum Gasteiger partial charge on any atom is -0.479 e. The van der Waals surface area contributed by atoms with E-state index < -0.39 is 6.10 Å². The molecule has 146 valence electrons. The average Bonchev–Trinajstić information content (AvgIpc) is 2.72. The standard InChI is InChI=1S/C23H26N2O3/c1-16-23(27)25(20-11-4-5-12-21(20)28-16)14-13-22(26)24-15-18-9-6-8-17-7-2-3-10-19(17)18/h2-5,7,10-12,16,18H,6,8-9,13-15H2,1H3,(H,24,26). The molecule has 28 heavy (non-hydrogen) atoms. The van der Waals surface area contributed by atoms with Crippen LogP contribution in [0.2, 0.25) is 0 Å². The molecule has 5 heteroatoms. The minimum atomic E-state index is -0.531. The molecule has 0 aromatic heterocycles. The fourth-order valence-electron chi connectivity index (χ4n) is 4.19. The van der Waals surface area contributed by atoms with E-state index in [2.05, 4.69) is 29.6 Å². The first-order valence-corrected chi connectivity index (χ1v) is 10.0. The predicted molar refractivity (Wildman–Crippen MR) is 109 cm³/mol. The van der Waals surface area contributed by atoms with Crippen molar-refractivity contribution in [2.24, 2.45) is 0 Å². The third-order valence-electron chi connectivity index (χ3n) is 5.68. The lowest BCUT2D eigenvalue weighted by molar-refractivity contribution is -0.125. The zero-order chi connectivity index (χ0) is 19.5. The molecule has 0 saturated heterocycles. The number of ether oxygens (including phenoxy) is 1. The van der Waals surface area contributed by atoms with Gasteiger partial charge in [0.2, 0.25) is 5.91 Å². The quantitative estimate of drug-likeness (QED) is 0.867. The molecular formula is C23H26N2O3. The number of fused-ring (bicyclic) bond motifs is 2. The first kappa shape index (κ1) is 18.5. The lowest BCUT2D eigenvalue weighted by atomic mass is 9.83. The van der Waals surface area contributed by atoms with Gasteiger partial charge >= 0.3 is 0 Å². The number of nitrogens with one attached hydrogen (secondary N) is 1. The summed E-state index contributed by atoms with van der Waals surface area (Å²) in [6.07, 6.45) is 3.13. The van der Waals surface area contributed by atoms with Crippen molar-refractivity contribution in [2.75, 3.05) is 18.0 Å². The van der Waals surface area contributed by atoms with Gasteiger partial charge in [-0.15, -0.1) is 0 Å². The summed E-state index contributed by atoms with van der Waals surface area (Å²) in [6.45, 7) is 2.75. The SMILES string of the molecule is CC1Oc2ccccc2N(CCC(=O)NCC2CCCc3ccccc32)C1=O. The Morgan fingerprint density at radius 2 is 1.96 bits per heavy atom. The number of nitrogens with zero attached hydrogens (tertiary/aromatic N) is 1. The van der Waals surface area contributed by atoms with E-state index in [9.17, 15) is 9.59 Å². The summed E-state index contributed by atoms with van der Waals surface area (Å²) in [5.74, 6) is 0.939. The van der Waals surface area contributed by atoms with Gasteiger partial charge in [-0.2, -0.15) is 0 Å². The van der Waals surface area contributed by atoms with Crippen LogP contribution < -0.4 is 15.0 Å². The molecule has 0 spiro atoms. The number of aryl methyl sites for hydroxylation is 1. The average molecular weight is 378 g/mol. The summed E-state index contributed by atoms with van der Waals surface area (Å²) >= 11 is 0. The van der Waals surface area contributed by atoms with Crippen molar-refractivity contribution in [1.82, 2.24) is 5.32 Å². The lowest BCUT2D eigenvalue weighted by Gasteiger charge is -2.33. The van der Waals surface area contributed by atoms with Crippen LogP contribution in [0.1, 0.15) is 43.2 Å². The molecule has 2 amide bonds. The van der Waals surface area contributed by atoms with Crippen LogP contribution >= 0.6 is 0 Å². The predicted octanol–water partition coefficient (Wildman–Crippen LogP) is 3.43. The Bertz CT molecular complexity index is 880. The molecule has 1 aliphatic heterocycles. The minimum absolute atomic E-state index is 0.0209. The largest absolute Gasteiger partial charge is 0.479 e. The molecule has 1 heterocycles. The van der Waals surface area contributed by atoms with E-state index in [-0.39, 0.29) is 18.2 Å². The highest BCUT2D eigenvalue weighted by Crippen LogP contribution is 2.34. The fourth-order valence-corrected chi connectivity index (χ4v) is 4.19. The summed E-state index contributed by atoms with van der Waals surface area (Å²) in [4.78, 5) is 26.6. The van der Waals surface area contributed by atoms with Gasteiger partial charge in [0.25, 0.3) is 5.91 Å². The Labute approximate surface area is 165 Å². The maximum atomic E-state index is 12.5. The highest BCUT2D eigenvalue weighted by atomic mass is 16.5. The third kappa shape index (κ3) is 3.75. The topological polar surface area (TPSA) is 58.6 Å². The molecule has 0 bridgehead atoms. The molecule has 4 rings (SSSR count). The zero-order valence-corrected chi connectivity index (χ0v) is 16.2. The van der Waals surface area contributed by atoms with Gasteiger partial charge in [0.05, 0.1) is 5.69 Å². The van der Waals surface area contributed by atoms with Crippen molar-refractivity contribution in [1.29, 1.82) is 0 Å². The first-order chi connectivity index (χ1) is 13.6. The number of benzene rings is 2. The highest BCUT2D eigenvalue weighted by Gasteiger charge is 2.31. The number of amides is 2. The van der Waals surface area contributed by atoms with Crippen LogP contribution in [0.5, 0.6) is 5.75 Å². The van der Waals surface area contributed by atoms with Gasteiger partial charge in [0.15, 0.2) is 6.10 Å². The monoisotopic (exact) mass is 378 g/mol. The van der Waals surface area contributed by atoms with Crippen molar-refractivity contribution < 1.29 is 14.3 Å². The molecule has 0 fully saturated rings. The third-order valence-corrected chi connectivity index (χ3v) is 5.68. The van der Waals surface area contributed by atoms with Crippen molar-refractivity contribution in [3.63, 3.8) is 0 Å². The molecule has 2 aromatic carbocycles. The summed E-state index contributed by atoms with van der Waals surface area (Å²) in [7, 11) is 0. The van der Waals surface area contributed by atoms with Crippen LogP contribution in [0.4, 0.5) is 5.69 Å². The van der Waals surface area contributed by atoms with E-state index in [1.54, 1.807) is 11.8 Å². The van der Waals surface area contributed by atoms with E-state index in [4.69, 9.17) is 4.74 Å². The number of carbonyl (C=O) groups is 2. The normalized spacial score (nSPS) is 20.8. The fraction of sp³-hybridized carbons (Fsp3) is 0.391. The Morgan fingerprint density at radius 3 is 2.86 bits per heavy atom. The molecule has 2 atom stereocenters. The van der Waals surface area contributed by atoms with Crippen LogP contribution in [0, 0.1) is 0 Å². The Hall–Kier alpha value is -2.82. The van der Waals surface area contributed by atoms with Gasteiger partial charge in [-0.1, -0.05) is 36.4 Å². The molecule has 0 radical (unpaired) electrons. The number of hydrogen-bond donors (Lipinski definition) is 1. The van der Waals surface area contributed by atoms with Gasteiger partial charge in [-0.3, -0.25) is 9.59 Å². The second-order valence-electron chi connectivity index (χ2n) is 7.56. The molecule has 1 aliphatic carbocycles. The number of carbonyl (C=O) groups excluding carboxylic acids is 2. The lowest BCUT2D eigenvalue weighted by Crippen LogP contribution is -2.46. The second-order valence-corrected chi connectivity index (χ2v) is 7.56. The van der Waals surface area contributed by atoms with Crippen LogP contribution in [0.3, 0.4) is 0 Å². The van der Waals surface area contributed by atoms with Crippen LogP contribution in [0.15, 0.2) is 48.5 Å². The second kappa shape index (κ2) is 8.05. The van der Waals surface area contributed by atoms with Gasteiger partial charge in [-0.25, -0.2) is 0 Å². The van der Waals surface area contributed by atoms with Gasteiger partial charge in [-0.05, 0) is 49.4 Å². The first-order valence-electron chi connectivity index (χ1n) is 10.0. The van der Waals surface area contributed by atoms with Crippen molar-refractivity contribution in [3.05, 3.63) is 59.7 Å². The van der Waals surface area contributed by atoms with Crippen molar-refractivity contribution >= 4 is 17.5 Å². The number of anilines is 1. The smallest absolute Gasteiger partial charge is 0.267 e. The number of rotatable bonds is 5. The van der Waals surface area contributed by atoms with Crippen molar-refractivity contribution in [2.45, 2.75) is 44.6 Å². The summed E-state index contributed by atoms with van der Waals surface area (Å²) in [5.41, 5.74) is 3.50. The van der Waals surface area contributed by atoms with Crippen LogP contribution in [-0.4, -0.2) is 31.0 Å². The summed E-state index contributed by atoms with van der Waals surface area (Å²) < 4.78 is 5.65. The zero-order valence-electron chi connectivity index (χ0n) is 16.2. The Balaban J connectivity index is 1.35. The molecule has 1 N–H and O–H groups in total. The Morgan fingerprint density at radius 1 is 1.18 bits per heavy atom. The van der Waals surface area contributed by atoms with Gasteiger partial charge in [0.1, 0.15) is 5.75 Å². The number of para-hydroxylation sites is 2. The molecule has 2 aromatic rings. The maximum Gasteiger partial charge on any atom is 0.267 e. The van der Waals surface area contributed by atoms with E-state index in [1.807, 2.05) is 24.3 Å². The molecule has 5 nitrogen and oxygen atoms in total. The summed E-state index contributed by atoms with van der Waals surface area (Å²) in [6, 6.07) is 16.0. The molecular weight excluding hydrogens is 352 g/mol. The van der Waals surface area contributed by atoms with E-state index in [0.717, 1.165) is 24.9 Å². The molecule has 0 saturated carbocycles. The van der Waals surface area contributed by atoms with Gasteiger partial charge in [0, 0.05) is 25.4 Å². The van der Waals surface area contributed by atoms with Crippen LogP contribution in [0.25, 0.3) is 0 Å². The summed E-state index contributed by atoms with van der Waals surface area (Å²) in [5, 5.41) is 3.07.